The summed E-state index contributed by atoms with van der Waals surface area (Å²) >= 11 is 39.8. The molecule has 0 fully saturated rings. The average Bonchev–Trinajstić information content (AvgIpc) is 2.67. The minimum absolute atomic E-state index is 0.00936. The number of thioether (sulfide) groups is 4. The van der Waals surface area contributed by atoms with Gasteiger partial charge in [-0.1, -0.05) is 6.92 Å². The first-order chi connectivity index (χ1) is 12.4. The molecule has 0 N–H and O–H groups in total. The van der Waals surface area contributed by atoms with Crippen molar-refractivity contribution in [2.45, 2.75) is 22.7 Å². The van der Waals surface area contributed by atoms with E-state index in [2.05, 4.69) is 70.1 Å². The van der Waals surface area contributed by atoms with E-state index in [1.165, 1.54) is 0 Å². The molecule has 0 saturated heterocycles. The van der Waals surface area contributed by atoms with Gasteiger partial charge in [0.25, 0.3) is 0 Å². The quantitative estimate of drug-likeness (QED) is 0.0655. The first-order valence-corrected chi connectivity index (χ1v) is 16.9. The summed E-state index contributed by atoms with van der Waals surface area (Å²) in [6, 6.07) is 0. The molecule has 0 radical (unpaired) electrons. The SMILES string of the molecule is CC(C(S)C(S)CSCSCSCSCC(S)CS)C(CS)(CS)CS. The summed E-state index contributed by atoms with van der Waals surface area (Å²) in [6.45, 7) is 2.24. The van der Waals surface area contributed by atoms with Gasteiger partial charge < -0.3 is 0 Å². The lowest BCUT2D eigenvalue weighted by Gasteiger charge is -2.40. The zero-order valence-corrected chi connectivity index (χ0v) is 24.5. The number of hydrogen-bond acceptors (Lipinski definition) is 11. The Morgan fingerprint density at radius 1 is 0.731 bits per heavy atom. The van der Waals surface area contributed by atoms with Crippen molar-refractivity contribution in [3.05, 3.63) is 0 Å². The summed E-state index contributed by atoms with van der Waals surface area (Å²) < 4.78 is 0. The summed E-state index contributed by atoms with van der Waals surface area (Å²) in [4.78, 5) is 0. The molecule has 0 aromatic heterocycles. The highest BCUT2D eigenvalue weighted by atomic mass is 32.2. The Morgan fingerprint density at radius 3 is 1.65 bits per heavy atom. The third-order valence-corrected chi connectivity index (χ3v) is 14.4. The van der Waals surface area contributed by atoms with Crippen LogP contribution in [0.1, 0.15) is 6.92 Å². The smallest absolute Gasteiger partial charge is 0.0408 e. The van der Waals surface area contributed by atoms with Crippen LogP contribution in [0.25, 0.3) is 0 Å². The van der Waals surface area contributed by atoms with Gasteiger partial charge in [-0.15, -0.1) is 47.0 Å². The molecule has 11 heteroatoms. The molecule has 0 bridgehead atoms. The van der Waals surface area contributed by atoms with Crippen LogP contribution < -0.4 is 0 Å². The maximum atomic E-state index is 4.86. The molecule has 0 aliphatic rings. The van der Waals surface area contributed by atoms with Crippen molar-refractivity contribution < 1.29 is 0 Å². The van der Waals surface area contributed by atoms with Crippen LogP contribution in [0.15, 0.2) is 0 Å². The largest absolute Gasteiger partial charge is 0.179 e. The molecule has 0 saturated carbocycles. The highest BCUT2D eigenvalue weighted by molar-refractivity contribution is 8.26. The topological polar surface area (TPSA) is 0 Å². The maximum absolute atomic E-state index is 4.86. The van der Waals surface area contributed by atoms with Crippen molar-refractivity contribution in [2.24, 2.45) is 11.3 Å². The van der Waals surface area contributed by atoms with Crippen molar-refractivity contribution in [3.8, 4) is 0 Å². The first kappa shape index (κ1) is 29.9. The van der Waals surface area contributed by atoms with Gasteiger partial charge in [-0.3, -0.25) is 0 Å². The third kappa shape index (κ3) is 12.0. The fourth-order valence-electron chi connectivity index (χ4n) is 2.03. The van der Waals surface area contributed by atoms with E-state index in [-0.39, 0.29) is 15.9 Å². The van der Waals surface area contributed by atoms with Gasteiger partial charge >= 0.3 is 0 Å². The van der Waals surface area contributed by atoms with E-state index in [1.807, 2.05) is 47.0 Å². The standard InChI is InChI=1S/C15H32S11/c1-11(15(5-17,6-18)7-19)14(22)13(21)4-24-9-26-10-25-8-23-3-12(20)2-16/h11-14,16-22H,2-10H2,1H3. The lowest BCUT2D eigenvalue weighted by Crippen LogP contribution is -2.43. The molecule has 0 aromatic rings. The van der Waals surface area contributed by atoms with Crippen molar-refractivity contribution in [1.82, 2.24) is 0 Å². The van der Waals surface area contributed by atoms with Crippen LogP contribution in [-0.4, -0.2) is 65.5 Å². The summed E-state index contributed by atoms with van der Waals surface area (Å²) in [6.07, 6.45) is 0. The monoisotopic (exact) mass is 564 g/mol. The highest BCUT2D eigenvalue weighted by Gasteiger charge is 2.38. The predicted molar refractivity (Wildman–Crippen MR) is 160 cm³/mol. The average molecular weight is 565 g/mol. The second-order valence-electron chi connectivity index (χ2n) is 6.02. The molecule has 0 spiro atoms. The molecule has 0 aromatic carbocycles. The van der Waals surface area contributed by atoms with Gasteiger partial charge in [0, 0.05) is 53.7 Å². The van der Waals surface area contributed by atoms with Gasteiger partial charge in [0.05, 0.1) is 0 Å². The Kier molecular flexibility index (Phi) is 21.2. The summed E-state index contributed by atoms with van der Waals surface area (Å²) in [5.74, 6) is 5.64. The Hall–Kier alpha value is 3.85. The van der Waals surface area contributed by atoms with Gasteiger partial charge in [0.2, 0.25) is 0 Å². The van der Waals surface area contributed by atoms with Crippen molar-refractivity contribution in [3.63, 3.8) is 0 Å². The minimum atomic E-state index is 0.00936. The minimum Gasteiger partial charge on any atom is -0.179 e. The second kappa shape index (κ2) is 18.4. The Bertz CT molecular complexity index is 318. The van der Waals surface area contributed by atoms with E-state index in [0.717, 1.165) is 49.8 Å². The van der Waals surface area contributed by atoms with Gasteiger partial charge in [-0.25, -0.2) is 0 Å². The molecule has 26 heavy (non-hydrogen) atoms. The van der Waals surface area contributed by atoms with Crippen LogP contribution in [0.5, 0.6) is 0 Å². The van der Waals surface area contributed by atoms with Crippen LogP contribution in [0.2, 0.25) is 0 Å². The van der Waals surface area contributed by atoms with Crippen LogP contribution in [0, 0.1) is 11.3 Å². The summed E-state index contributed by atoms with van der Waals surface area (Å²) in [7, 11) is 0. The normalized spacial score (nSPS) is 17.1. The molecular formula is C15H32S11. The molecular weight excluding hydrogens is 533 g/mol. The van der Waals surface area contributed by atoms with Gasteiger partial charge in [0.1, 0.15) is 0 Å². The zero-order chi connectivity index (χ0) is 20.0. The lowest BCUT2D eigenvalue weighted by molar-refractivity contribution is 0.279. The third-order valence-electron chi connectivity index (χ3n) is 4.13. The Balaban J connectivity index is 3.89. The maximum Gasteiger partial charge on any atom is 0.0408 e. The second-order valence-corrected chi connectivity index (χ2v) is 14.5. The number of rotatable bonds is 17. The van der Waals surface area contributed by atoms with Crippen molar-refractivity contribution in [2.75, 3.05) is 49.8 Å². The number of hydrogen-bond donors (Lipinski definition) is 7. The van der Waals surface area contributed by atoms with Crippen LogP contribution >= 0.6 is 135 Å². The fraction of sp³-hybridized carbons (Fsp3) is 1.00. The van der Waals surface area contributed by atoms with Crippen LogP contribution in [-0.2, 0) is 0 Å². The fourth-order valence-corrected chi connectivity index (χ4v) is 10.6. The van der Waals surface area contributed by atoms with E-state index in [4.69, 9.17) is 25.3 Å². The van der Waals surface area contributed by atoms with Gasteiger partial charge in [-0.2, -0.15) is 88.4 Å². The molecule has 0 aliphatic carbocycles. The van der Waals surface area contributed by atoms with Crippen molar-refractivity contribution >= 4 is 135 Å². The summed E-state index contributed by atoms with van der Waals surface area (Å²) in [5, 5.41) is 4.25. The molecule has 0 amide bonds. The van der Waals surface area contributed by atoms with E-state index >= 15 is 0 Å². The van der Waals surface area contributed by atoms with Gasteiger partial charge in [0.15, 0.2) is 0 Å². The Morgan fingerprint density at radius 2 is 1.19 bits per heavy atom. The Labute approximate surface area is 216 Å². The molecule has 0 rings (SSSR count). The van der Waals surface area contributed by atoms with Crippen LogP contribution in [0.4, 0.5) is 0 Å². The lowest BCUT2D eigenvalue weighted by atomic mass is 9.78. The van der Waals surface area contributed by atoms with E-state index in [1.54, 1.807) is 0 Å². The van der Waals surface area contributed by atoms with E-state index in [0.29, 0.717) is 11.2 Å². The molecule has 0 nitrogen and oxygen atoms in total. The zero-order valence-electron chi connectivity index (χ0n) is 14.9. The molecule has 158 valence electrons. The van der Waals surface area contributed by atoms with Gasteiger partial charge in [-0.05, 0) is 23.2 Å². The molecule has 4 atom stereocenters. The molecule has 0 heterocycles. The van der Waals surface area contributed by atoms with E-state index in [9.17, 15) is 0 Å². The van der Waals surface area contributed by atoms with E-state index < -0.39 is 0 Å². The predicted octanol–water partition coefficient (Wildman–Crippen LogP) is 6.03. The summed E-state index contributed by atoms with van der Waals surface area (Å²) in [5.41, 5.74) is 0.00936. The molecule has 0 aliphatic heterocycles. The van der Waals surface area contributed by atoms with Crippen LogP contribution in [0.3, 0.4) is 0 Å². The van der Waals surface area contributed by atoms with Crippen molar-refractivity contribution in [1.29, 1.82) is 0 Å². The number of thiol groups is 7. The molecule has 4 unspecified atom stereocenters. The highest BCUT2D eigenvalue weighted by Crippen LogP contribution is 2.38. The first-order valence-electron chi connectivity index (χ1n) is 8.17.